The minimum absolute atomic E-state index is 0.143. The molecule has 5 nitrogen and oxygen atoms in total. The minimum Gasteiger partial charge on any atom is -0.302 e. The molecule has 1 aliphatic rings. The topological polar surface area (TPSA) is 61.8 Å². The Hall–Kier alpha value is -1.11. The van der Waals surface area contributed by atoms with Gasteiger partial charge < -0.3 is 5.43 Å². The zero-order valence-electron chi connectivity index (χ0n) is 8.73. The van der Waals surface area contributed by atoms with Crippen LogP contribution in [0, 0.1) is 0 Å². The van der Waals surface area contributed by atoms with Gasteiger partial charge in [-0.05, 0) is 12.1 Å². The predicted molar refractivity (Wildman–Crippen MR) is 62.0 cm³/mol. The Morgan fingerprint density at radius 1 is 1.38 bits per heavy atom. The largest absolute Gasteiger partial charge is 0.302 e. The Labute approximate surface area is 98.8 Å². The summed E-state index contributed by atoms with van der Waals surface area (Å²) in [5.74, 6) is 0.255. The molecule has 1 heterocycles. The van der Waals surface area contributed by atoms with Gasteiger partial charge in [-0.2, -0.15) is 8.42 Å². The van der Waals surface area contributed by atoms with Gasteiger partial charge in [-0.3, -0.25) is 0 Å². The number of hydrogen-bond acceptors (Lipinski definition) is 4. The first-order valence-corrected chi connectivity index (χ1v) is 6.31. The van der Waals surface area contributed by atoms with E-state index in [9.17, 15) is 8.42 Å². The van der Waals surface area contributed by atoms with Crippen LogP contribution < -0.4 is 5.43 Å². The molecule has 0 fully saturated rings. The fraction of sp³-hybridized carbons (Fsp3) is 0.222. The molecule has 0 radical (unpaired) electrons. The highest BCUT2D eigenvalue weighted by molar-refractivity contribution is 7.90. The normalized spacial score (nSPS) is 17.1. The van der Waals surface area contributed by atoms with E-state index in [0.717, 1.165) is 0 Å². The number of nitrogens with one attached hydrogen (secondary N) is 1. The molecule has 2 rings (SSSR count). The molecule has 7 heteroatoms. The number of amidine groups is 1. The molecule has 0 saturated carbocycles. The quantitative estimate of drug-likeness (QED) is 0.760. The Morgan fingerprint density at radius 3 is 2.69 bits per heavy atom. The molecule has 0 aromatic heterocycles. The third-order valence-corrected chi connectivity index (χ3v) is 3.66. The number of nitrogens with zero attached hydrogens (tertiary/aromatic N) is 2. The molecule has 1 N–H and O–H groups in total. The maximum atomic E-state index is 11.7. The standard InChI is InChI=1S/C9H10ClN3O2S/c1-13(2)11-9-8-6(10)4-3-5-7(8)16(14,15)12-9/h3-5H,1-2H3,(H,11,12). The van der Waals surface area contributed by atoms with Crippen molar-refractivity contribution < 1.29 is 8.42 Å². The minimum atomic E-state index is -3.61. The van der Waals surface area contributed by atoms with Gasteiger partial charge in [0.2, 0.25) is 0 Å². The third kappa shape index (κ3) is 1.79. The molecule has 1 aromatic rings. The summed E-state index contributed by atoms with van der Waals surface area (Å²) in [5, 5.41) is 1.97. The van der Waals surface area contributed by atoms with Crippen molar-refractivity contribution in [2.24, 2.45) is 4.40 Å². The van der Waals surface area contributed by atoms with Gasteiger partial charge in [-0.25, -0.2) is 5.01 Å². The number of hydrazine groups is 1. The second kappa shape index (κ2) is 3.73. The fourth-order valence-electron chi connectivity index (χ4n) is 1.45. The maximum Gasteiger partial charge on any atom is 0.285 e. The Morgan fingerprint density at radius 2 is 2.06 bits per heavy atom. The highest BCUT2D eigenvalue weighted by Gasteiger charge is 2.30. The highest BCUT2D eigenvalue weighted by atomic mass is 35.5. The van der Waals surface area contributed by atoms with Gasteiger partial charge in [-0.1, -0.05) is 17.7 Å². The van der Waals surface area contributed by atoms with Gasteiger partial charge in [0.15, 0.2) is 5.84 Å². The van der Waals surface area contributed by atoms with Crippen LogP contribution in [-0.4, -0.2) is 33.4 Å². The van der Waals surface area contributed by atoms with Gasteiger partial charge in [0.25, 0.3) is 10.0 Å². The van der Waals surface area contributed by atoms with Gasteiger partial charge in [0.05, 0.1) is 10.6 Å². The fourth-order valence-corrected chi connectivity index (χ4v) is 2.96. The summed E-state index contributed by atoms with van der Waals surface area (Å²) in [7, 11) is -0.128. The molecular weight excluding hydrogens is 250 g/mol. The van der Waals surface area contributed by atoms with Crippen LogP contribution in [0.5, 0.6) is 0 Å². The van der Waals surface area contributed by atoms with Crippen LogP contribution in [0.15, 0.2) is 27.5 Å². The van der Waals surface area contributed by atoms with E-state index in [1.54, 1.807) is 31.2 Å². The lowest BCUT2D eigenvalue weighted by Crippen LogP contribution is -2.36. The van der Waals surface area contributed by atoms with Gasteiger partial charge in [0.1, 0.15) is 4.90 Å². The number of sulfonamides is 1. The molecule has 0 aliphatic carbocycles. The Bertz CT molecular complexity index is 566. The van der Waals surface area contributed by atoms with E-state index in [4.69, 9.17) is 11.6 Å². The van der Waals surface area contributed by atoms with Crippen molar-refractivity contribution in [2.45, 2.75) is 4.90 Å². The molecule has 0 amide bonds. The van der Waals surface area contributed by atoms with E-state index in [1.807, 2.05) is 0 Å². The van der Waals surface area contributed by atoms with Gasteiger partial charge >= 0.3 is 0 Å². The number of fused-ring (bicyclic) bond motifs is 1. The molecule has 0 spiro atoms. The predicted octanol–water partition coefficient (Wildman–Crippen LogP) is 0.855. The molecule has 1 aromatic carbocycles. The lowest BCUT2D eigenvalue weighted by Gasteiger charge is -2.13. The highest BCUT2D eigenvalue weighted by Crippen LogP contribution is 2.30. The average Bonchev–Trinajstić information content (AvgIpc) is 2.38. The smallest absolute Gasteiger partial charge is 0.285 e. The van der Waals surface area contributed by atoms with E-state index in [1.165, 1.54) is 6.07 Å². The van der Waals surface area contributed by atoms with E-state index in [0.29, 0.717) is 10.6 Å². The Kier molecular flexibility index (Phi) is 2.65. The van der Waals surface area contributed by atoms with Gasteiger partial charge in [-0.15, -0.1) is 4.40 Å². The second-order valence-electron chi connectivity index (χ2n) is 3.53. The molecule has 16 heavy (non-hydrogen) atoms. The zero-order valence-corrected chi connectivity index (χ0v) is 10.3. The average molecular weight is 260 g/mol. The van der Waals surface area contributed by atoms with Crippen molar-refractivity contribution >= 4 is 27.5 Å². The molecule has 0 atom stereocenters. The third-order valence-electron chi connectivity index (χ3n) is 2.03. The van der Waals surface area contributed by atoms with Crippen LogP contribution in [0.4, 0.5) is 0 Å². The zero-order chi connectivity index (χ0) is 11.9. The van der Waals surface area contributed by atoms with Crippen molar-refractivity contribution in [3.63, 3.8) is 0 Å². The van der Waals surface area contributed by atoms with Crippen molar-refractivity contribution in [1.29, 1.82) is 0 Å². The van der Waals surface area contributed by atoms with E-state index >= 15 is 0 Å². The first-order chi connectivity index (χ1) is 7.42. The van der Waals surface area contributed by atoms with Crippen molar-refractivity contribution in [2.75, 3.05) is 14.1 Å². The molecule has 86 valence electrons. The van der Waals surface area contributed by atoms with Crippen LogP contribution in [0.3, 0.4) is 0 Å². The van der Waals surface area contributed by atoms with Crippen LogP contribution >= 0.6 is 11.6 Å². The Balaban J connectivity index is 2.62. The summed E-state index contributed by atoms with van der Waals surface area (Å²) in [5.41, 5.74) is 3.24. The summed E-state index contributed by atoms with van der Waals surface area (Å²) in [6.45, 7) is 0. The van der Waals surface area contributed by atoms with Crippen LogP contribution in [0.1, 0.15) is 5.56 Å². The summed E-state index contributed by atoms with van der Waals surface area (Å²) in [6, 6.07) is 4.71. The van der Waals surface area contributed by atoms with E-state index < -0.39 is 10.0 Å². The number of halogens is 1. The second-order valence-corrected chi connectivity index (χ2v) is 5.51. The van der Waals surface area contributed by atoms with E-state index in [2.05, 4.69) is 9.82 Å². The lowest BCUT2D eigenvalue weighted by atomic mass is 10.2. The number of rotatable bonds is 1. The summed E-state index contributed by atoms with van der Waals surface area (Å²) in [4.78, 5) is 0.143. The first kappa shape index (κ1) is 11.4. The first-order valence-electron chi connectivity index (χ1n) is 4.49. The van der Waals surface area contributed by atoms with Crippen molar-refractivity contribution in [3.8, 4) is 0 Å². The maximum absolute atomic E-state index is 11.7. The molecule has 0 bridgehead atoms. The SMILES string of the molecule is CN(C)NC1=NS(=O)(=O)c2cccc(Cl)c21. The molecule has 1 aliphatic heterocycles. The number of hydrogen-bond donors (Lipinski definition) is 1. The van der Waals surface area contributed by atoms with E-state index in [-0.39, 0.29) is 10.7 Å². The van der Waals surface area contributed by atoms with Crippen LogP contribution in [-0.2, 0) is 10.0 Å². The lowest BCUT2D eigenvalue weighted by molar-refractivity contribution is 0.363. The molecule has 0 unspecified atom stereocenters. The summed E-state index contributed by atoms with van der Waals surface area (Å²) >= 11 is 5.97. The van der Waals surface area contributed by atoms with Crippen molar-refractivity contribution in [1.82, 2.24) is 10.4 Å². The summed E-state index contributed by atoms with van der Waals surface area (Å²) in [6.07, 6.45) is 0. The van der Waals surface area contributed by atoms with Crippen LogP contribution in [0.2, 0.25) is 5.02 Å². The monoisotopic (exact) mass is 259 g/mol. The molecule has 0 saturated heterocycles. The molecular formula is C9H10ClN3O2S. The van der Waals surface area contributed by atoms with Crippen molar-refractivity contribution in [3.05, 3.63) is 28.8 Å². The van der Waals surface area contributed by atoms with Gasteiger partial charge in [0, 0.05) is 14.1 Å². The summed E-state index contributed by atoms with van der Waals surface area (Å²) < 4.78 is 27.0. The number of benzene rings is 1. The van der Waals surface area contributed by atoms with Crippen LogP contribution in [0.25, 0.3) is 0 Å².